The predicted molar refractivity (Wildman–Crippen MR) is 72.4 cm³/mol. The molecule has 1 saturated heterocycles. The Bertz CT molecular complexity index is 559. The Morgan fingerprint density at radius 3 is 2.40 bits per heavy atom. The number of thiazole rings is 1. The average Bonchev–Trinajstić information content (AvgIpc) is 2.74. The van der Waals surface area contributed by atoms with Crippen molar-refractivity contribution in [1.29, 1.82) is 0 Å². The van der Waals surface area contributed by atoms with Gasteiger partial charge in [0.25, 0.3) is 0 Å². The molecule has 7 heteroatoms. The zero-order valence-electron chi connectivity index (χ0n) is 11.5. The smallest absolute Gasteiger partial charge is 0.355 e. The predicted octanol–water partition coefficient (Wildman–Crippen LogP) is 2.08. The molecule has 2 rings (SSSR count). The molecule has 2 heterocycles. The third kappa shape index (κ3) is 2.72. The third-order valence-electron chi connectivity index (χ3n) is 3.28. The highest BCUT2D eigenvalue weighted by molar-refractivity contribution is 7.09. The van der Waals surface area contributed by atoms with Gasteiger partial charge in [-0.1, -0.05) is 13.8 Å². The lowest BCUT2D eigenvalue weighted by Gasteiger charge is -2.37. The summed E-state index contributed by atoms with van der Waals surface area (Å²) in [7, 11) is 0. The molecule has 6 nitrogen and oxygen atoms in total. The quantitative estimate of drug-likeness (QED) is 0.863. The van der Waals surface area contributed by atoms with Crippen molar-refractivity contribution in [2.24, 2.45) is 5.41 Å². The number of likely N-dealkylation sites (tertiary alicyclic amines) is 1. The maximum atomic E-state index is 12.1. The summed E-state index contributed by atoms with van der Waals surface area (Å²) in [6.07, 6.45) is 0.612. The van der Waals surface area contributed by atoms with E-state index in [0.717, 1.165) is 11.3 Å². The molecule has 1 aromatic heterocycles. The third-order valence-corrected chi connectivity index (χ3v) is 4.30. The summed E-state index contributed by atoms with van der Waals surface area (Å²) in [4.78, 5) is 40.3. The van der Waals surface area contributed by atoms with Crippen LogP contribution in [0.4, 0.5) is 0 Å². The van der Waals surface area contributed by atoms with Crippen molar-refractivity contribution in [1.82, 2.24) is 9.88 Å². The van der Waals surface area contributed by atoms with Gasteiger partial charge in [0.05, 0.1) is 6.04 Å². The van der Waals surface area contributed by atoms with Gasteiger partial charge in [0.1, 0.15) is 5.01 Å². The van der Waals surface area contributed by atoms with E-state index in [1.807, 2.05) is 13.8 Å². The van der Waals surface area contributed by atoms with Crippen LogP contribution in [0.2, 0.25) is 0 Å². The number of carboxylic acids is 1. The fourth-order valence-corrected chi connectivity index (χ4v) is 3.15. The first-order chi connectivity index (χ1) is 9.21. The standard InChI is InChI=1S/C13H16N2O4S/c1-7(11-14-8(6-20-11)12(18)19)15-9(16)4-13(2,3)5-10(15)17/h6-7H,4-5H2,1-3H3,(H,18,19). The minimum absolute atomic E-state index is 0.0610. The number of aromatic nitrogens is 1. The van der Waals surface area contributed by atoms with E-state index in [0.29, 0.717) is 17.8 Å². The van der Waals surface area contributed by atoms with Crippen LogP contribution in [0.15, 0.2) is 5.38 Å². The molecule has 2 amide bonds. The number of aromatic carboxylic acids is 1. The number of nitrogens with zero attached hydrogens (tertiary/aromatic N) is 2. The van der Waals surface area contributed by atoms with Crippen molar-refractivity contribution in [3.05, 3.63) is 16.1 Å². The lowest BCUT2D eigenvalue weighted by atomic mass is 9.81. The molecule has 0 bridgehead atoms. The highest BCUT2D eigenvalue weighted by atomic mass is 32.1. The minimum atomic E-state index is -1.11. The molecule has 108 valence electrons. The molecule has 0 spiro atoms. The number of carbonyl (C=O) groups is 3. The number of amides is 2. The molecule has 0 radical (unpaired) electrons. The van der Waals surface area contributed by atoms with Crippen LogP contribution in [0.1, 0.15) is 55.2 Å². The fourth-order valence-electron chi connectivity index (χ4n) is 2.31. The number of rotatable bonds is 3. The van der Waals surface area contributed by atoms with Gasteiger partial charge in [-0.2, -0.15) is 0 Å². The highest BCUT2D eigenvalue weighted by Crippen LogP contribution is 2.36. The Kier molecular flexibility index (Phi) is 3.64. The molecule has 1 N–H and O–H groups in total. The van der Waals surface area contributed by atoms with E-state index < -0.39 is 12.0 Å². The molecular weight excluding hydrogens is 280 g/mol. The molecule has 1 aromatic rings. The Balaban J connectivity index is 2.23. The second-order valence-corrected chi connectivity index (χ2v) is 6.62. The first kappa shape index (κ1) is 14.6. The zero-order valence-corrected chi connectivity index (χ0v) is 12.4. The topological polar surface area (TPSA) is 87.6 Å². The molecule has 20 heavy (non-hydrogen) atoms. The monoisotopic (exact) mass is 296 g/mol. The summed E-state index contributed by atoms with van der Waals surface area (Å²) in [5.41, 5.74) is -0.381. The van der Waals surface area contributed by atoms with E-state index >= 15 is 0 Å². The summed E-state index contributed by atoms with van der Waals surface area (Å²) in [5.74, 6) is -1.58. The van der Waals surface area contributed by atoms with Gasteiger partial charge in [0, 0.05) is 18.2 Å². The van der Waals surface area contributed by atoms with Crippen LogP contribution in [0, 0.1) is 5.41 Å². The molecule has 0 aromatic carbocycles. The number of piperidine rings is 1. The summed E-state index contributed by atoms with van der Waals surface area (Å²) in [5, 5.41) is 10.7. The van der Waals surface area contributed by atoms with Gasteiger partial charge in [-0.25, -0.2) is 9.78 Å². The van der Waals surface area contributed by atoms with Crippen molar-refractivity contribution in [2.75, 3.05) is 0 Å². The largest absolute Gasteiger partial charge is 0.476 e. The van der Waals surface area contributed by atoms with Crippen molar-refractivity contribution in [2.45, 2.75) is 39.7 Å². The molecule has 1 aliphatic rings. The maximum Gasteiger partial charge on any atom is 0.355 e. The molecule has 0 saturated carbocycles. The highest BCUT2D eigenvalue weighted by Gasteiger charge is 2.40. The first-order valence-electron chi connectivity index (χ1n) is 6.25. The van der Waals surface area contributed by atoms with Crippen molar-refractivity contribution in [3.8, 4) is 0 Å². The van der Waals surface area contributed by atoms with Gasteiger partial charge in [0.15, 0.2) is 5.69 Å². The molecule has 1 aliphatic heterocycles. The van der Waals surface area contributed by atoms with Crippen LogP contribution in [0.5, 0.6) is 0 Å². The van der Waals surface area contributed by atoms with Crippen LogP contribution >= 0.6 is 11.3 Å². The van der Waals surface area contributed by atoms with E-state index in [-0.39, 0.29) is 22.9 Å². The summed E-state index contributed by atoms with van der Waals surface area (Å²) >= 11 is 1.15. The Morgan fingerprint density at radius 2 is 1.95 bits per heavy atom. The number of imide groups is 1. The lowest BCUT2D eigenvalue weighted by Crippen LogP contribution is -2.47. The van der Waals surface area contributed by atoms with Gasteiger partial charge < -0.3 is 5.11 Å². The van der Waals surface area contributed by atoms with E-state index in [1.165, 1.54) is 10.3 Å². The first-order valence-corrected chi connectivity index (χ1v) is 7.13. The summed E-state index contributed by atoms with van der Waals surface area (Å²) in [6.45, 7) is 5.46. The zero-order chi connectivity index (χ0) is 15.1. The van der Waals surface area contributed by atoms with Crippen LogP contribution < -0.4 is 0 Å². The Morgan fingerprint density at radius 1 is 1.40 bits per heavy atom. The molecule has 1 atom stereocenters. The van der Waals surface area contributed by atoms with E-state index in [9.17, 15) is 14.4 Å². The van der Waals surface area contributed by atoms with Crippen LogP contribution in [0.3, 0.4) is 0 Å². The van der Waals surface area contributed by atoms with Crippen LogP contribution in [0.25, 0.3) is 0 Å². The van der Waals surface area contributed by atoms with Gasteiger partial charge >= 0.3 is 5.97 Å². The second kappa shape index (κ2) is 4.97. The SMILES string of the molecule is CC(c1nc(C(=O)O)cs1)N1C(=O)CC(C)(C)CC1=O. The second-order valence-electron chi connectivity index (χ2n) is 5.73. The minimum Gasteiger partial charge on any atom is -0.476 e. The number of hydrogen-bond acceptors (Lipinski definition) is 5. The lowest BCUT2D eigenvalue weighted by molar-refractivity contribution is -0.155. The van der Waals surface area contributed by atoms with E-state index in [2.05, 4.69) is 4.98 Å². The fraction of sp³-hybridized carbons (Fsp3) is 0.538. The number of carbonyl (C=O) groups excluding carboxylic acids is 2. The van der Waals surface area contributed by atoms with Gasteiger partial charge in [-0.15, -0.1) is 11.3 Å². The van der Waals surface area contributed by atoms with Crippen molar-refractivity contribution in [3.63, 3.8) is 0 Å². The maximum absolute atomic E-state index is 12.1. The normalized spacial score (nSPS) is 20.1. The van der Waals surface area contributed by atoms with Crippen molar-refractivity contribution < 1.29 is 19.5 Å². The van der Waals surface area contributed by atoms with E-state index in [1.54, 1.807) is 6.92 Å². The average molecular weight is 296 g/mol. The Labute approximate surface area is 120 Å². The molecular formula is C13H16N2O4S. The van der Waals surface area contributed by atoms with Gasteiger partial charge in [-0.05, 0) is 12.3 Å². The van der Waals surface area contributed by atoms with Crippen LogP contribution in [-0.2, 0) is 9.59 Å². The van der Waals surface area contributed by atoms with Crippen molar-refractivity contribution >= 4 is 29.1 Å². The van der Waals surface area contributed by atoms with Crippen LogP contribution in [-0.4, -0.2) is 32.8 Å². The summed E-state index contributed by atoms with van der Waals surface area (Å²) < 4.78 is 0. The molecule has 1 unspecified atom stereocenters. The molecule has 1 fully saturated rings. The van der Waals surface area contributed by atoms with Gasteiger partial charge in [0.2, 0.25) is 11.8 Å². The number of carboxylic acid groups (broad SMARTS) is 1. The van der Waals surface area contributed by atoms with E-state index in [4.69, 9.17) is 5.11 Å². The molecule has 0 aliphatic carbocycles. The van der Waals surface area contributed by atoms with Gasteiger partial charge in [-0.3, -0.25) is 14.5 Å². The Hall–Kier alpha value is -1.76. The number of hydrogen-bond donors (Lipinski definition) is 1. The summed E-state index contributed by atoms with van der Waals surface area (Å²) in [6, 6.07) is -0.524.